The van der Waals surface area contributed by atoms with Gasteiger partial charge in [0, 0.05) is 11.3 Å². The van der Waals surface area contributed by atoms with Gasteiger partial charge in [-0.2, -0.15) is 11.8 Å². The average Bonchev–Trinajstić information content (AvgIpc) is 2.32. The van der Waals surface area contributed by atoms with Crippen molar-refractivity contribution < 1.29 is 14.3 Å². The molecule has 1 aromatic carbocycles. The fourth-order valence-electron chi connectivity index (χ4n) is 1.67. The highest BCUT2D eigenvalue weighted by Crippen LogP contribution is 2.28. The lowest BCUT2D eigenvalue weighted by Gasteiger charge is -2.08. The first-order valence-corrected chi connectivity index (χ1v) is 7.31. The Labute approximate surface area is 112 Å². The largest absolute Gasteiger partial charge is 0.507 e. The smallest absolute Gasteiger partial charge is 0.163 e. The summed E-state index contributed by atoms with van der Waals surface area (Å²) >= 11 is 1.65. The minimum Gasteiger partial charge on any atom is -0.507 e. The monoisotopic (exact) mass is 270 g/mol. The first-order valence-electron chi connectivity index (χ1n) is 6.16. The highest BCUT2D eigenvalue weighted by Gasteiger charge is 2.13. The van der Waals surface area contributed by atoms with Gasteiger partial charge in [-0.15, -0.1) is 0 Å². The van der Waals surface area contributed by atoms with Crippen LogP contribution in [0.5, 0.6) is 5.75 Å². The Morgan fingerprint density at radius 3 is 2.72 bits per heavy atom. The normalized spacial score (nSPS) is 10.6. The number of hydrogen-bond acceptors (Lipinski definition) is 3. The number of phenolic OH excluding ortho intramolecular Hbond substituents is 1. The topological polar surface area (TPSA) is 37.3 Å². The van der Waals surface area contributed by atoms with Crippen molar-refractivity contribution in [1.82, 2.24) is 0 Å². The lowest BCUT2D eigenvalue weighted by atomic mass is 10.1. The number of aromatic hydroxyl groups is 1. The van der Waals surface area contributed by atoms with Crippen molar-refractivity contribution in [2.24, 2.45) is 0 Å². The number of hydrogen-bond donors (Lipinski definition) is 1. The van der Waals surface area contributed by atoms with Gasteiger partial charge in [0.2, 0.25) is 0 Å². The maximum atomic E-state index is 13.3. The number of Topliss-reactive ketones (excluding diaryl/α,β-unsaturated/α-hetero) is 1. The molecular formula is C14H19FO2S. The van der Waals surface area contributed by atoms with E-state index in [1.165, 1.54) is 25.8 Å². The predicted molar refractivity (Wildman–Crippen MR) is 73.8 cm³/mol. The SMILES string of the molecule is CCCCCSCc1cc(F)cc(C(C)=O)c1O. The van der Waals surface area contributed by atoms with Crippen LogP contribution in [0.4, 0.5) is 4.39 Å². The molecule has 0 aliphatic heterocycles. The number of carbonyl (C=O) groups excluding carboxylic acids is 1. The minimum absolute atomic E-state index is 0.0687. The molecule has 1 N–H and O–H groups in total. The van der Waals surface area contributed by atoms with Crippen molar-refractivity contribution >= 4 is 17.5 Å². The second-order valence-corrected chi connectivity index (χ2v) is 5.38. The highest BCUT2D eigenvalue weighted by atomic mass is 32.2. The fourth-order valence-corrected chi connectivity index (χ4v) is 2.66. The molecule has 2 nitrogen and oxygen atoms in total. The highest BCUT2D eigenvalue weighted by molar-refractivity contribution is 7.98. The second kappa shape index (κ2) is 7.41. The summed E-state index contributed by atoms with van der Waals surface area (Å²) in [6, 6.07) is 2.39. The van der Waals surface area contributed by atoms with Gasteiger partial charge in [0.1, 0.15) is 11.6 Å². The lowest BCUT2D eigenvalue weighted by Crippen LogP contribution is -1.98. The molecule has 18 heavy (non-hydrogen) atoms. The lowest BCUT2D eigenvalue weighted by molar-refractivity contribution is 0.101. The second-order valence-electron chi connectivity index (χ2n) is 4.28. The van der Waals surface area contributed by atoms with Crippen molar-refractivity contribution in [3.05, 3.63) is 29.1 Å². The third-order valence-electron chi connectivity index (χ3n) is 2.68. The molecule has 0 atom stereocenters. The van der Waals surface area contributed by atoms with Crippen LogP contribution in [0.15, 0.2) is 12.1 Å². The number of rotatable bonds is 7. The van der Waals surface area contributed by atoms with Gasteiger partial charge >= 0.3 is 0 Å². The number of thioether (sulfide) groups is 1. The van der Waals surface area contributed by atoms with Crippen LogP contribution < -0.4 is 0 Å². The molecule has 0 aliphatic carbocycles. The Balaban J connectivity index is 2.68. The average molecular weight is 270 g/mol. The van der Waals surface area contributed by atoms with Gasteiger partial charge < -0.3 is 5.11 Å². The number of benzene rings is 1. The summed E-state index contributed by atoms with van der Waals surface area (Å²) in [4.78, 5) is 11.3. The van der Waals surface area contributed by atoms with E-state index in [0.29, 0.717) is 11.3 Å². The summed E-state index contributed by atoms with van der Waals surface area (Å²) in [7, 11) is 0. The van der Waals surface area contributed by atoms with Crippen molar-refractivity contribution in [3.8, 4) is 5.75 Å². The molecule has 0 saturated carbocycles. The Kier molecular flexibility index (Phi) is 6.19. The van der Waals surface area contributed by atoms with Crippen LogP contribution in [0.25, 0.3) is 0 Å². The van der Waals surface area contributed by atoms with Crippen LogP contribution in [0.1, 0.15) is 49.0 Å². The molecule has 100 valence electrons. The summed E-state index contributed by atoms with van der Waals surface area (Å²) in [6.45, 7) is 3.47. The number of unbranched alkanes of at least 4 members (excludes halogenated alkanes) is 2. The summed E-state index contributed by atoms with van der Waals surface area (Å²) in [5.41, 5.74) is 0.570. The van der Waals surface area contributed by atoms with Gasteiger partial charge in [-0.1, -0.05) is 19.8 Å². The van der Waals surface area contributed by atoms with Gasteiger partial charge in [-0.05, 0) is 31.2 Å². The number of phenols is 1. The Morgan fingerprint density at radius 1 is 1.39 bits per heavy atom. The maximum Gasteiger partial charge on any atom is 0.163 e. The van der Waals surface area contributed by atoms with E-state index in [0.717, 1.165) is 18.2 Å². The van der Waals surface area contributed by atoms with Crippen LogP contribution in [-0.2, 0) is 5.75 Å². The molecule has 0 bridgehead atoms. The van der Waals surface area contributed by atoms with E-state index in [-0.39, 0.29) is 17.1 Å². The van der Waals surface area contributed by atoms with E-state index in [4.69, 9.17) is 0 Å². The molecule has 1 rings (SSSR count). The zero-order valence-electron chi connectivity index (χ0n) is 10.8. The molecule has 0 aliphatic rings. The van der Waals surface area contributed by atoms with Gasteiger partial charge in [0.05, 0.1) is 5.56 Å². The molecule has 0 amide bonds. The zero-order valence-corrected chi connectivity index (χ0v) is 11.6. The molecule has 0 unspecified atom stereocenters. The van der Waals surface area contributed by atoms with Gasteiger partial charge in [0.15, 0.2) is 5.78 Å². The third kappa shape index (κ3) is 4.33. The molecule has 0 spiro atoms. The van der Waals surface area contributed by atoms with E-state index in [1.807, 2.05) is 0 Å². The van der Waals surface area contributed by atoms with Crippen LogP contribution >= 0.6 is 11.8 Å². The number of halogens is 1. The molecule has 4 heteroatoms. The van der Waals surface area contributed by atoms with Crippen LogP contribution in [0, 0.1) is 5.82 Å². The Hall–Kier alpha value is -1.03. The van der Waals surface area contributed by atoms with Gasteiger partial charge in [-0.3, -0.25) is 4.79 Å². The fraction of sp³-hybridized carbons (Fsp3) is 0.500. The van der Waals surface area contributed by atoms with Crippen molar-refractivity contribution in [2.45, 2.75) is 38.9 Å². The number of carbonyl (C=O) groups is 1. The molecular weight excluding hydrogens is 251 g/mol. The first kappa shape index (κ1) is 15.0. The van der Waals surface area contributed by atoms with E-state index in [1.54, 1.807) is 11.8 Å². The predicted octanol–water partition coefficient (Wildman–Crippen LogP) is 4.16. The quantitative estimate of drug-likeness (QED) is 0.597. The van der Waals surface area contributed by atoms with E-state index < -0.39 is 5.82 Å². The molecule has 0 fully saturated rings. The Morgan fingerprint density at radius 2 is 2.11 bits per heavy atom. The maximum absolute atomic E-state index is 13.3. The van der Waals surface area contributed by atoms with E-state index in [9.17, 15) is 14.3 Å². The Bertz CT molecular complexity index is 419. The minimum atomic E-state index is -0.470. The van der Waals surface area contributed by atoms with E-state index >= 15 is 0 Å². The van der Waals surface area contributed by atoms with Crippen LogP contribution in [0.2, 0.25) is 0 Å². The molecule has 0 saturated heterocycles. The van der Waals surface area contributed by atoms with Gasteiger partial charge in [-0.25, -0.2) is 4.39 Å². The van der Waals surface area contributed by atoms with Crippen molar-refractivity contribution in [3.63, 3.8) is 0 Å². The zero-order chi connectivity index (χ0) is 13.5. The summed E-state index contributed by atoms with van der Waals surface area (Å²) < 4.78 is 13.3. The van der Waals surface area contributed by atoms with Crippen molar-refractivity contribution in [1.29, 1.82) is 0 Å². The first-order chi connectivity index (χ1) is 8.56. The third-order valence-corrected chi connectivity index (χ3v) is 3.78. The van der Waals surface area contributed by atoms with Crippen molar-refractivity contribution in [2.75, 3.05) is 5.75 Å². The van der Waals surface area contributed by atoms with E-state index in [2.05, 4.69) is 6.92 Å². The molecule has 0 heterocycles. The van der Waals surface area contributed by atoms with Crippen LogP contribution in [-0.4, -0.2) is 16.6 Å². The van der Waals surface area contributed by atoms with Gasteiger partial charge in [0.25, 0.3) is 0 Å². The van der Waals surface area contributed by atoms with Crippen LogP contribution in [0.3, 0.4) is 0 Å². The summed E-state index contributed by atoms with van der Waals surface area (Å²) in [5.74, 6) is 0.658. The molecule has 1 aromatic rings. The summed E-state index contributed by atoms with van der Waals surface area (Å²) in [6.07, 6.45) is 3.47. The number of ketones is 1. The molecule has 0 aromatic heterocycles. The summed E-state index contributed by atoms with van der Waals surface area (Å²) in [5, 5.41) is 9.89. The standard InChI is InChI=1S/C14H19FO2S/c1-3-4-5-6-18-9-11-7-12(15)8-13(10(2)16)14(11)17/h7-8,17H,3-6,9H2,1-2H3. The molecule has 0 radical (unpaired) electrons.